The zero-order valence-corrected chi connectivity index (χ0v) is 19.2. The number of carbonyl (C=O) groups excluding carboxylic acids is 1. The average Bonchev–Trinajstić information content (AvgIpc) is 2.59. The van der Waals surface area contributed by atoms with Gasteiger partial charge in [0.2, 0.25) is 15.9 Å². The fourth-order valence-electron chi connectivity index (χ4n) is 2.67. The first-order chi connectivity index (χ1) is 13.1. The van der Waals surface area contributed by atoms with Gasteiger partial charge in [-0.3, -0.25) is 4.79 Å². The smallest absolute Gasteiger partial charge is 0.243 e. The first-order valence-corrected chi connectivity index (χ1v) is 11.1. The van der Waals surface area contributed by atoms with Gasteiger partial charge in [0.15, 0.2) is 0 Å². The molecule has 28 heavy (non-hydrogen) atoms. The summed E-state index contributed by atoms with van der Waals surface area (Å²) in [6.07, 6.45) is 0. The van der Waals surface area contributed by atoms with Crippen molar-refractivity contribution in [2.45, 2.75) is 25.7 Å². The lowest BCUT2D eigenvalue weighted by Crippen LogP contribution is -2.35. The third-order valence-electron chi connectivity index (χ3n) is 4.04. The van der Waals surface area contributed by atoms with E-state index in [1.165, 1.54) is 25.2 Å². The van der Waals surface area contributed by atoms with E-state index in [9.17, 15) is 13.2 Å². The molecule has 2 rings (SSSR count). The Morgan fingerprint density at radius 2 is 1.82 bits per heavy atom. The number of nitrogens with zero attached hydrogens (tertiary/aromatic N) is 1. The van der Waals surface area contributed by atoms with Crippen molar-refractivity contribution in [2.24, 2.45) is 0 Å². The molecule has 0 unspecified atom stereocenters. The Labute approximate surface area is 179 Å². The molecule has 0 aromatic heterocycles. The number of hydrogen-bond donors (Lipinski definition) is 1. The van der Waals surface area contributed by atoms with Crippen LogP contribution in [-0.2, 0) is 14.8 Å². The van der Waals surface area contributed by atoms with Crippen molar-refractivity contribution in [1.82, 2.24) is 4.31 Å². The van der Waals surface area contributed by atoms with E-state index in [0.29, 0.717) is 18.0 Å². The third kappa shape index (κ3) is 5.26. The highest BCUT2D eigenvalue weighted by Crippen LogP contribution is 2.29. The van der Waals surface area contributed by atoms with E-state index in [2.05, 4.69) is 21.2 Å². The van der Waals surface area contributed by atoms with Gasteiger partial charge in [-0.15, -0.1) is 0 Å². The summed E-state index contributed by atoms with van der Waals surface area (Å²) >= 11 is 9.49. The Bertz CT molecular complexity index is 972. The van der Waals surface area contributed by atoms with E-state index in [1.54, 1.807) is 0 Å². The molecule has 1 amide bonds. The van der Waals surface area contributed by atoms with Crippen LogP contribution in [0.2, 0.25) is 5.02 Å². The fraction of sp³-hybridized carbons (Fsp3) is 0.316. The Hall–Kier alpha value is -1.61. The number of likely N-dealkylation sites (N-methyl/N-ethyl adjacent to an activating group) is 1. The standard InChI is InChI=1S/C19H22BrClN2O4S/c1-5-27-17-7-6-15(10-16(17)21)28(25,26)23(4)11-18(24)22-19-12(2)8-14(20)9-13(19)3/h6-10H,5,11H2,1-4H3,(H,22,24). The predicted octanol–water partition coefficient (Wildman–Crippen LogP) is 4.38. The maximum atomic E-state index is 12.8. The van der Waals surface area contributed by atoms with E-state index in [1.807, 2.05) is 32.9 Å². The van der Waals surface area contributed by atoms with Crippen LogP contribution in [0.5, 0.6) is 5.75 Å². The van der Waals surface area contributed by atoms with Gasteiger partial charge in [0, 0.05) is 17.2 Å². The van der Waals surface area contributed by atoms with Gasteiger partial charge in [-0.1, -0.05) is 27.5 Å². The number of aryl methyl sites for hydroxylation is 2. The lowest BCUT2D eigenvalue weighted by molar-refractivity contribution is -0.116. The summed E-state index contributed by atoms with van der Waals surface area (Å²) in [7, 11) is -2.53. The molecule has 0 heterocycles. The number of anilines is 1. The lowest BCUT2D eigenvalue weighted by Gasteiger charge is -2.19. The van der Waals surface area contributed by atoms with Gasteiger partial charge in [0.05, 0.1) is 23.1 Å². The minimum atomic E-state index is -3.88. The summed E-state index contributed by atoms with van der Waals surface area (Å²) in [5.41, 5.74) is 2.43. The number of amides is 1. The van der Waals surface area contributed by atoms with Gasteiger partial charge in [0.1, 0.15) is 5.75 Å². The summed E-state index contributed by atoms with van der Waals surface area (Å²) < 4.78 is 32.7. The largest absolute Gasteiger partial charge is 0.492 e. The topological polar surface area (TPSA) is 75.7 Å². The average molecular weight is 490 g/mol. The molecule has 0 saturated carbocycles. The number of ether oxygens (including phenoxy) is 1. The lowest BCUT2D eigenvalue weighted by atomic mass is 10.1. The van der Waals surface area contributed by atoms with Crippen LogP contribution in [0.25, 0.3) is 0 Å². The Balaban J connectivity index is 2.16. The quantitative estimate of drug-likeness (QED) is 0.626. The Kier molecular flexibility index (Phi) is 7.50. The number of hydrogen-bond acceptors (Lipinski definition) is 4. The molecular formula is C19H22BrClN2O4S. The summed E-state index contributed by atoms with van der Waals surface area (Å²) in [6.45, 7) is 5.64. The predicted molar refractivity (Wildman–Crippen MR) is 115 cm³/mol. The summed E-state index contributed by atoms with van der Waals surface area (Å²) in [5, 5.41) is 2.98. The minimum absolute atomic E-state index is 0.00717. The van der Waals surface area contributed by atoms with Crippen LogP contribution in [0, 0.1) is 13.8 Å². The van der Waals surface area contributed by atoms with Crippen molar-refractivity contribution in [3.05, 3.63) is 51.0 Å². The zero-order valence-electron chi connectivity index (χ0n) is 16.0. The normalized spacial score (nSPS) is 11.5. The molecule has 0 spiro atoms. The highest BCUT2D eigenvalue weighted by atomic mass is 79.9. The summed E-state index contributed by atoms with van der Waals surface area (Å²) in [4.78, 5) is 12.4. The molecule has 0 saturated heterocycles. The Morgan fingerprint density at radius 3 is 2.36 bits per heavy atom. The molecule has 1 N–H and O–H groups in total. The second-order valence-electron chi connectivity index (χ2n) is 6.25. The van der Waals surface area contributed by atoms with Crippen LogP contribution in [0.4, 0.5) is 5.69 Å². The van der Waals surface area contributed by atoms with Crippen LogP contribution in [0.15, 0.2) is 39.7 Å². The van der Waals surface area contributed by atoms with Gasteiger partial charge < -0.3 is 10.1 Å². The van der Waals surface area contributed by atoms with Gasteiger partial charge in [-0.25, -0.2) is 8.42 Å². The molecule has 0 radical (unpaired) electrons. The molecule has 6 nitrogen and oxygen atoms in total. The fourth-order valence-corrected chi connectivity index (χ4v) is 4.81. The molecule has 152 valence electrons. The molecule has 0 aliphatic heterocycles. The molecule has 0 aliphatic rings. The van der Waals surface area contributed by atoms with E-state index in [4.69, 9.17) is 16.3 Å². The number of nitrogens with one attached hydrogen (secondary N) is 1. The second-order valence-corrected chi connectivity index (χ2v) is 9.62. The third-order valence-corrected chi connectivity index (χ3v) is 6.59. The minimum Gasteiger partial charge on any atom is -0.492 e. The monoisotopic (exact) mass is 488 g/mol. The number of benzene rings is 2. The molecule has 2 aromatic rings. The van der Waals surface area contributed by atoms with E-state index < -0.39 is 15.9 Å². The number of halogens is 2. The van der Waals surface area contributed by atoms with Crippen molar-refractivity contribution in [1.29, 1.82) is 0 Å². The summed E-state index contributed by atoms with van der Waals surface area (Å²) in [6, 6.07) is 7.99. The summed E-state index contributed by atoms with van der Waals surface area (Å²) in [5.74, 6) is -0.0265. The van der Waals surface area contributed by atoms with Crippen molar-refractivity contribution in [3.8, 4) is 5.75 Å². The van der Waals surface area contributed by atoms with Crippen LogP contribution < -0.4 is 10.1 Å². The van der Waals surface area contributed by atoms with Crippen molar-refractivity contribution < 1.29 is 17.9 Å². The maximum absolute atomic E-state index is 12.8. The van der Waals surface area contributed by atoms with E-state index >= 15 is 0 Å². The molecule has 0 bridgehead atoms. The van der Waals surface area contributed by atoms with E-state index in [-0.39, 0.29) is 16.5 Å². The molecule has 0 fully saturated rings. The second kappa shape index (κ2) is 9.26. The number of sulfonamides is 1. The van der Waals surface area contributed by atoms with Crippen molar-refractivity contribution in [2.75, 3.05) is 25.5 Å². The molecular weight excluding hydrogens is 468 g/mol. The Morgan fingerprint density at radius 1 is 1.21 bits per heavy atom. The number of rotatable bonds is 7. The van der Waals surface area contributed by atoms with Gasteiger partial charge in [0.25, 0.3) is 0 Å². The molecule has 0 atom stereocenters. The highest BCUT2D eigenvalue weighted by Gasteiger charge is 2.24. The van der Waals surface area contributed by atoms with Gasteiger partial charge >= 0.3 is 0 Å². The van der Waals surface area contributed by atoms with E-state index in [0.717, 1.165) is 19.9 Å². The van der Waals surface area contributed by atoms with Gasteiger partial charge in [-0.2, -0.15) is 4.31 Å². The van der Waals surface area contributed by atoms with Gasteiger partial charge in [-0.05, 0) is 62.2 Å². The first kappa shape index (κ1) is 22.7. The number of carbonyl (C=O) groups is 1. The van der Waals surface area contributed by atoms with Crippen molar-refractivity contribution in [3.63, 3.8) is 0 Å². The first-order valence-electron chi connectivity index (χ1n) is 8.51. The van der Waals surface area contributed by atoms with Crippen LogP contribution >= 0.6 is 27.5 Å². The zero-order chi connectivity index (χ0) is 21.1. The van der Waals surface area contributed by atoms with Crippen LogP contribution in [0.3, 0.4) is 0 Å². The molecule has 2 aromatic carbocycles. The van der Waals surface area contributed by atoms with Crippen LogP contribution in [-0.4, -0.2) is 38.8 Å². The SMILES string of the molecule is CCOc1ccc(S(=O)(=O)N(C)CC(=O)Nc2c(C)cc(Br)cc2C)cc1Cl. The highest BCUT2D eigenvalue weighted by molar-refractivity contribution is 9.10. The van der Waals surface area contributed by atoms with Crippen LogP contribution in [0.1, 0.15) is 18.1 Å². The molecule has 0 aliphatic carbocycles. The molecule has 9 heteroatoms. The maximum Gasteiger partial charge on any atom is 0.243 e. The van der Waals surface area contributed by atoms with Crippen molar-refractivity contribution >= 4 is 49.1 Å².